The highest BCUT2D eigenvalue weighted by Crippen LogP contribution is 2.28. The molecule has 2 heterocycles. The van der Waals surface area contributed by atoms with Gasteiger partial charge in [-0.3, -0.25) is 0 Å². The molecule has 0 radical (unpaired) electrons. The number of halogens is 1. The molecule has 2 N–H and O–H groups in total. The average Bonchev–Trinajstić information content (AvgIpc) is 2.33. The van der Waals surface area contributed by atoms with E-state index >= 15 is 0 Å². The van der Waals surface area contributed by atoms with Crippen LogP contribution in [0.25, 0.3) is 0 Å². The van der Waals surface area contributed by atoms with Crippen molar-refractivity contribution < 1.29 is 4.39 Å². The molecule has 0 amide bonds. The van der Waals surface area contributed by atoms with Crippen LogP contribution in [-0.4, -0.2) is 18.1 Å². The van der Waals surface area contributed by atoms with Gasteiger partial charge in [-0.25, -0.2) is 9.37 Å². The van der Waals surface area contributed by atoms with E-state index in [2.05, 4.69) is 18.8 Å². The number of rotatable bonds is 2. The molecule has 1 aliphatic rings. The quantitative estimate of drug-likeness (QED) is 0.857. The van der Waals surface area contributed by atoms with Gasteiger partial charge in [-0.05, 0) is 24.3 Å². The minimum Gasteiger partial charge on any atom is -0.354 e. The van der Waals surface area contributed by atoms with E-state index in [0.29, 0.717) is 23.2 Å². The van der Waals surface area contributed by atoms with Gasteiger partial charge in [0.2, 0.25) is 0 Å². The van der Waals surface area contributed by atoms with Crippen molar-refractivity contribution in [2.24, 2.45) is 17.6 Å². The summed E-state index contributed by atoms with van der Waals surface area (Å²) in [4.78, 5) is 6.21. The third kappa shape index (κ3) is 2.41. The van der Waals surface area contributed by atoms with Gasteiger partial charge in [0.25, 0.3) is 0 Å². The van der Waals surface area contributed by atoms with Crippen molar-refractivity contribution in [3.05, 3.63) is 23.6 Å². The molecule has 2 rings (SSSR count). The number of pyridine rings is 1. The summed E-state index contributed by atoms with van der Waals surface area (Å²) in [5, 5.41) is 0. The fourth-order valence-electron chi connectivity index (χ4n) is 2.30. The number of nitrogens with zero attached hydrogens (tertiary/aromatic N) is 2. The van der Waals surface area contributed by atoms with Crippen LogP contribution in [0.15, 0.2) is 12.3 Å². The SMILES string of the molecule is CC1CCN(c2nccc(CN)c2F)CC1C. The van der Waals surface area contributed by atoms with Gasteiger partial charge in [0.05, 0.1) is 0 Å². The van der Waals surface area contributed by atoms with Crippen LogP contribution < -0.4 is 10.6 Å². The molecule has 0 bridgehead atoms. The van der Waals surface area contributed by atoms with Crippen molar-refractivity contribution >= 4 is 5.82 Å². The highest BCUT2D eigenvalue weighted by atomic mass is 19.1. The van der Waals surface area contributed by atoms with Crippen LogP contribution in [0.3, 0.4) is 0 Å². The Balaban J connectivity index is 2.23. The van der Waals surface area contributed by atoms with Crippen LogP contribution >= 0.6 is 0 Å². The molecule has 0 aromatic carbocycles. The Hall–Kier alpha value is -1.16. The highest BCUT2D eigenvalue weighted by Gasteiger charge is 2.25. The Morgan fingerprint density at radius 2 is 2.24 bits per heavy atom. The molecule has 1 saturated heterocycles. The third-order valence-corrected chi connectivity index (χ3v) is 3.80. The van der Waals surface area contributed by atoms with Gasteiger partial charge in [-0.15, -0.1) is 0 Å². The number of aromatic nitrogens is 1. The van der Waals surface area contributed by atoms with E-state index in [1.165, 1.54) is 0 Å². The number of hydrogen-bond donors (Lipinski definition) is 1. The summed E-state index contributed by atoms with van der Waals surface area (Å²) in [5.41, 5.74) is 6.05. The number of nitrogens with two attached hydrogens (primary N) is 1. The number of hydrogen-bond acceptors (Lipinski definition) is 3. The maximum atomic E-state index is 14.1. The first kappa shape index (κ1) is 12.3. The van der Waals surface area contributed by atoms with Crippen molar-refractivity contribution in [3.8, 4) is 0 Å². The monoisotopic (exact) mass is 237 g/mol. The molecule has 17 heavy (non-hydrogen) atoms. The topological polar surface area (TPSA) is 42.2 Å². The van der Waals surface area contributed by atoms with E-state index in [4.69, 9.17) is 5.73 Å². The summed E-state index contributed by atoms with van der Waals surface area (Å²) in [7, 11) is 0. The molecule has 0 saturated carbocycles. The second-order valence-corrected chi connectivity index (χ2v) is 5.00. The molecule has 1 aliphatic heterocycles. The number of piperidine rings is 1. The lowest BCUT2D eigenvalue weighted by Gasteiger charge is -2.36. The molecule has 0 spiro atoms. The van der Waals surface area contributed by atoms with Gasteiger partial charge in [0.15, 0.2) is 11.6 Å². The summed E-state index contributed by atoms with van der Waals surface area (Å²) in [6, 6.07) is 1.65. The Kier molecular flexibility index (Phi) is 3.62. The third-order valence-electron chi connectivity index (χ3n) is 3.80. The van der Waals surface area contributed by atoms with Crippen LogP contribution in [0, 0.1) is 17.7 Å². The van der Waals surface area contributed by atoms with Crippen LogP contribution in [0.2, 0.25) is 0 Å². The van der Waals surface area contributed by atoms with Crippen LogP contribution in [0.4, 0.5) is 10.2 Å². The van der Waals surface area contributed by atoms with E-state index in [0.717, 1.165) is 19.5 Å². The molecule has 94 valence electrons. The molecule has 0 aliphatic carbocycles. The summed E-state index contributed by atoms with van der Waals surface area (Å²) >= 11 is 0. The minimum atomic E-state index is -0.253. The second-order valence-electron chi connectivity index (χ2n) is 5.00. The lowest BCUT2D eigenvalue weighted by atomic mass is 9.88. The molecule has 1 aromatic rings. The van der Waals surface area contributed by atoms with Crippen molar-refractivity contribution in [1.82, 2.24) is 4.98 Å². The highest BCUT2D eigenvalue weighted by molar-refractivity contribution is 5.43. The van der Waals surface area contributed by atoms with Crippen molar-refractivity contribution in [2.45, 2.75) is 26.8 Å². The molecule has 2 atom stereocenters. The Morgan fingerprint density at radius 1 is 1.47 bits per heavy atom. The van der Waals surface area contributed by atoms with E-state index in [-0.39, 0.29) is 12.4 Å². The Labute approximate surface area is 102 Å². The zero-order valence-corrected chi connectivity index (χ0v) is 10.5. The summed E-state index contributed by atoms with van der Waals surface area (Å²) in [6.45, 7) is 6.44. The fraction of sp³-hybridized carbons (Fsp3) is 0.615. The molecule has 4 heteroatoms. The van der Waals surface area contributed by atoms with Crippen molar-refractivity contribution in [2.75, 3.05) is 18.0 Å². The van der Waals surface area contributed by atoms with Gasteiger partial charge >= 0.3 is 0 Å². The van der Waals surface area contributed by atoms with Gasteiger partial charge in [0, 0.05) is 31.4 Å². The second kappa shape index (κ2) is 5.00. The summed E-state index contributed by atoms with van der Waals surface area (Å²) < 4.78 is 14.1. The Morgan fingerprint density at radius 3 is 2.88 bits per heavy atom. The Bertz CT molecular complexity index is 394. The standard InChI is InChI=1S/C13H20FN3/c1-9-4-6-17(8-10(9)2)13-12(14)11(7-15)3-5-16-13/h3,5,9-10H,4,6-8,15H2,1-2H3. The van der Waals surface area contributed by atoms with E-state index < -0.39 is 0 Å². The largest absolute Gasteiger partial charge is 0.354 e. The first-order chi connectivity index (χ1) is 8.13. The average molecular weight is 237 g/mol. The van der Waals surface area contributed by atoms with Gasteiger partial charge in [-0.1, -0.05) is 13.8 Å². The molecule has 1 aromatic heterocycles. The molecule has 1 fully saturated rings. The molecule has 3 nitrogen and oxygen atoms in total. The number of anilines is 1. The zero-order valence-electron chi connectivity index (χ0n) is 10.5. The predicted octanol–water partition coefficient (Wildman–Crippen LogP) is 2.16. The normalized spacial score (nSPS) is 25.1. The molecule has 2 unspecified atom stereocenters. The summed E-state index contributed by atoms with van der Waals surface area (Å²) in [6.07, 6.45) is 2.73. The maximum Gasteiger partial charge on any atom is 0.170 e. The van der Waals surface area contributed by atoms with Crippen LogP contribution in [-0.2, 0) is 6.54 Å². The van der Waals surface area contributed by atoms with Crippen molar-refractivity contribution in [1.29, 1.82) is 0 Å². The van der Waals surface area contributed by atoms with Crippen LogP contribution in [0.1, 0.15) is 25.8 Å². The van der Waals surface area contributed by atoms with E-state index in [9.17, 15) is 4.39 Å². The van der Waals surface area contributed by atoms with E-state index in [1.54, 1.807) is 12.3 Å². The minimum absolute atomic E-state index is 0.223. The smallest absolute Gasteiger partial charge is 0.170 e. The zero-order chi connectivity index (χ0) is 12.4. The van der Waals surface area contributed by atoms with Gasteiger partial charge in [-0.2, -0.15) is 0 Å². The lowest BCUT2D eigenvalue weighted by Crippen LogP contribution is -2.39. The van der Waals surface area contributed by atoms with Gasteiger partial charge < -0.3 is 10.6 Å². The first-order valence-corrected chi connectivity index (χ1v) is 6.22. The van der Waals surface area contributed by atoms with Gasteiger partial charge in [0.1, 0.15) is 0 Å². The summed E-state index contributed by atoms with van der Waals surface area (Å²) in [5.74, 6) is 1.49. The molecular formula is C13H20FN3. The fourth-order valence-corrected chi connectivity index (χ4v) is 2.30. The van der Waals surface area contributed by atoms with E-state index in [1.807, 2.05) is 4.90 Å². The predicted molar refractivity (Wildman–Crippen MR) is 67.2 cm³/mol. The lowest BCUT2D eigenvalue weighted by molar-refractivity contribution is 0.321. The van der Waals surface area contributed by atoms with Crippen LogP contribution in [0.5, 0.6) is 0 Å². The first-order valence-electron chi connectivity index (χ1n) is 6.22. The van der Waals surface area contributed by atoms with Crippen molar-refractivity contribution in [3.63, 3.8) is 0 Å². The molecular weight excluding hydrogens is 217 g/mol. The maximum absolute atomic E-state index is 14.1.